The van der Waals surface area contributed by atoms with Crippen LogP contribution < -0.4 is 5.73 Å². The van der Waals surface area contributed by atoms with Crippen LogP contribution in [0.2, 0.25) is 0 Å². The molecule has 1 unspecified atom stereocenters. The van der Waals surface area contributed by atoms with Crippen LogP contribution in [-0.2, 0) is 12.1 Å². The SMILES string of the molecule is CC(C)(C)C(O)(C(=O)c1ccccc1)c1cccc(CN)c1. The van der Waals surface area contributed by atoms with Crippen molar-refractivity contribution in [2.75, 3.05) is 0 Å². The minimum absolute atomic E-state index is 0.297. The number of Topliss-reactive ketones (excluding diaryl/α,β-unsaturated/α-hetero) is 1. The molecular weight excluding hydrogens is 274 g/mol. The minimum Gasteiger partial charge on any atom is -0.376 e. The van der Waals surface area contributed by atoms with Crippen molar-refractivity contribution in [2.45, 2.75) is 32.9 Å². The van der Waals surface area contributed by atoms with Crippen molar-refractivity contribution in [1.29, 1.82) is 0 Å². The van der Waals surface area contributed by atoms with Crippen LogP contribution in [0.4, 0.5) is 0 Å². The van der Waals surface area contributed by atoms with Crippen molar-refractivity contribution in [3.8, 4) is 0 Å². The lowest BCUT2D eigenvalue weighted by Gasteiger charge is -2.39. The van der Waals surface area contributed by atoms with E-state index >= 15 is 0 Å². The molecule has 0 spiro atoms. The van der Waals surface area contributed by atoms with Gasteiger partial charge in [-0.25, -0.2) is 0 Å². The summed E-state index contributed by atoms with van der Waals surface area (Å²) in [5.41, 5.74) is 5.39. The third-order valence-corrected chi connectivity index (χ3v) is 4.03. The molecule has 0 aliphatic heterocycles. The van der Waals surface area contributed by atoms with E-state index in [1.807, 2.05) is 45.0 Å². The van der Waals surface area contributed by atoms with Gasteiger partial charge in [-0.05, 0) is 11.1 Å². The fraction of sp³-hybridized carbons (Fsp3) is 0.316. The van der Waals surface area contributed by atoms with Crippen LogP contribution in [-0.4, -0.2) is 10.9 Å². The first-order valence-electron chi connectivity index (χ1n) is 7.42. The summed E-state index contributed by atoms with van der Waals surface area (Å²) in [6, 6.07) is 16.2. The fourth-order valence-corrected chi connectivity index (χ4v) is 2.63. The molecule has 116 valence electrons. The molecule has 0 fully saturated rings. The van der Waals surface area contributed by atoms with E-state index in [2.05, 4.69) is 0 Å². The molecule has 0 heterocycles. The maximum Gasteiger partial charge on any atom is 0.199 e. The second-order valence-corrected chi connectivity index (χ2v) is 6.56. The van der Waals surface area contributed by atoms with Gasteiger partial charge in [-0.3, -0.25) is 4.79 Å². The molecule has 0 amide bonds. The normalized spacial score (nSPS) is 14.4. The lowest BCUT2D eigenvalue weighted by molar-refractivity contribution is -0.0370. The highest BCUT2D eigenvalue weighted by molar-refractivity contribution is 6.03. The lowest BCUT2D eigenvalue weighted by Crippen LogP contribution is -2.47. The van der Waals surface area contributed by atoms with E-state index in [9.17, 15) is 9.90 Å². The van der Waals surface area contributed by atoms with Crippen molar-refractivity contribution in [1.82, 2.24) is 0 Å². The molecule has 0 aliphatic carbocycles. The van der Waals surface area contributed by atoms with Crippen molar-refractivity contribution in [2.24, 2.45) is 11.1 Å². The van der Waals surface area contributed by atoms with E-state index in [4.69, 9.17) is 5.73 Å². The number of ketones is 1. The number of rotatable bonds is 4. The number of hydrogen-bond donors (Lipinski definition) is 2. The summed E-state index contributed by atoms with van der Waals surface area (Å²) >= 11 is 0. The highest BCUT2D eigenvalue weighted by Gasteiger charge is 2.48. The first-order valence-corrected chi connectivity index (χ1v) is 7.42. The molecule has 3 N–H and O–H groups in total. The van der Waals surface area contributed by atoms with E-state index in [0.717, 1.165) is 5.56 Å². The Hall–Kier alpha value is -1.97. The van der Waals surface area contributed by atoms with E-state index < -0.39 is 11.0 Å². The van der Waals surface area contributed by atoms with Crippen molar-refractivity contribution in [3.63, 3.8) is 0 Å². The minimum atomic E-state index is -1.61. The topological polar surface area (TPSA) is 63.3 Å². The smallest absolute Gasteiger partial charge is 0.199 e. The van der Waals surface area contributed by atoms with Gasteiger partial charge < -0.3 is 10.8 Å². The van der Waals surface area contributed by atoms with Crippen LogP contribution in [0, 0.1) is 5.41 Å². The summed E-state index contributed by atoms with van der Waals surface area (Å²) < 4.78 is 0. The molecule has 0 radical (unpaired) electrons. The number of carbonyl (C=O) groups is 1. The van der Waals surface area contributed by atoms with Crippen molar-refractivity contribution in [3.05, 3.63) is 71.3 Å². The van der Waals surface area contributed by atoms with Gasteiger partial charge in [-0.2, -0.15) is 0 Å². The molecule has 0 saturated heterocycles. The zero-order chi connectivity index (χ0) is 16.4. The molecule has 0 saturated carbocycles. The van der Waals surface area contributed by atoms with Gasteiger partial charge >= 0.3 is 0 Å². The standard InChI is InChI=1S/C19H23NO2/c1-18(2,3)19(22,16-11-7-8-14(12-16)13-20)17(21)15-9-5-4-6-10-15/h4-12,22H,13,20H2,1-3H3. The Bertz CT molecular complexity index is 659. The first-order chi connectivity index (χ1) is 10.3. The molecule has 2 rings (SSSR count). The molecule has 0 aliphatic rings. The summed E-state index contributed by atoms with van der Waals surface area (Å²) in [4.78, 5) is 13.0. The highest BCUT2D eigenvalue weighted by atomic mass is 16.3. The highest BCUT2D eigenvalue weighted by Crippen LogP contribution is 2.42. The van der Waals surface area contributed by atoms with Crippen LogP contribution >= 0.6 is 0 Å². The van der Waals surface area contributed by atoms with Gasteiger partial charge in [-0.15, -0.1) is 0 Å². The van der Waals surface area contributed by atoms with E-state index in [-0.39, 0.29) is 5.78 Å². The lowest BCUT2D eigenvalue weighted by atomic mass is 9.68. The zero-order valence-electron chi connectivity index (χ0n) is 13.3. The van der Waals surface area contributed by atoms with Gasteiger partial charge in [0.05, 0.1) is 0 Å². The van der Waals surface area contributed by atoms with Gasteiger partial charge in [-0.1, -0.05) is 75.4 Å². The van der Waals surface area contributed by atoms with Crippen LogP contribution in [0.5, 0.6) is 0 Å². The van der Waals surface area contributed by atoms with Gasteiger partial charge in [0.25, 0.3) is 0 Å². The summed E-state index contributed by atoms with van der Waals surface area (Å²) in [6.45, 7) is 5.96. The van der Waals surface area contributed by atoms with Gasteiger partial charge in [0.2, 0.25) is 0 Å². The van der Waals surface area contributed by atoms with Crippen LogP contribution in [0.25, 0.3) is 0 Å². The average molecular weight is 297 g/mol. The molecule has 3 nitrogen and oxygen atoms in total. The average Bonchev–Trinajstić information content (AvgIpc) is 2.53. The number of carbonyl (C=O) groups excluding carboxylic acids is 1. The summed E-state index contributed by atoms with van der Waals surface area (Å²) in [5, 5.41) is 11.4. The van der Waals surface area contributed by atoms with Crippen LogP contribution in [0.1, 0.15) is 42.3 Å². The Balaban J connectivity index is 2.60. The quantitative estimate of drug-likeness (QED) is 0.851. The third-order valence-electron chi connectivity index (χ3n) is 4.03. The fourth-order valence-electron chi connectivity index (χ4n) is 2.63. The maximum absolute atomic E-state index is 13.0. The van der Waals surface area contributed by atoms with Gasteiger partial charge in [0.15, 0.2) is 11.4 Å². The summed E-state index contributed by atoms with van der Waals surface area (Å²) in [7, 11) is 0. The van der Waals surface area contributed by atoms with E-state index in [0.29, 0.717) is 17.7 Å². The maximum atomic E-state index is 13.0. The van der Waals surface area contributed by atoms with Crippen LogP contribution in [0.3, 0.4) is 0 Å². The molecule has 22 heavy (non-hydrogen) atoms. The Labute approximate surface area is 131 Å². The molecule has 0 bridgehead atoms. The Kier molecular flexibility index (Phi) is 4.50. The van der Waals surface area contributed by atoms with Crippen molar-refractivity contribution < 1.29 is 9.90 Å². The number of benzene rings is 2. The van der Waals surface area contributed by atoms with E-state index in [1.54, 1.807) is 30.3 Å². The first kappa shape index (κ1) is 16.4. The third kappa shape index (κ3) is 2.82. The molecule has 3 heteroatoms. The predicted octanol–water partition coefficient (Wildman–Crippen LogP) is 3.26. The molecule has 2 aromatic carbocycles. The molecule has 2 aromatic rings. The zero-order valence-corrected chi connectivity index (χ0v) is 13.3. The monoisotopic (exact) mass is 297 g/mol. The predicted molar refractivity (Wildman–Crippen MR) is 88.5 cm³/mol. The Morgan fingerprint density at radius 3 is 2.23 bits per heavy atom. The van der Waals surface area contributed by atoms with Crippen LogP contribution in [0.15, 0.2) is 54.6 Å². The summed E-state index contributed by atoms with van der Waals surface area (Å²) in [5.74, 6) is -0.297. The molecule has 1 atom stereocenters. The second-order valence-electron chi connectivity index (χ2n) is 6.56. The number of hydrogen-bond acceptors (Lipinski definition) is 3. The summed E-state index contributed by atoms with van der Waals surface area (Å²) in [6.07, 6.45) is 0. The van der Waals surface area contributed by atoms with Crippen molar-refractivity contribution >= 4 is 5.78 Å². The molecular formula is C19H23NO2. The molecule has 0 aromatic heterocycles. The largest absolute Gasteiger partial charge is 0.376 e. The Morgan fingerprint density at radius 1 is 1.05 bits per heavy atom. The Morgan fingerprint density at radius 2 is 1.68 bits per heavy atom. The number of aliphatic hydroxyl groups is 1. The van der Waals surface area contributed by atoms with Gasteiger partial charge in [0.1, 0.15) is 0 Å². The van der Waals surface area contributed by atoms with E-state index in [1.165, 1.54) is 0 Å². The number of nitrogens with two attached hydrogens (primary N) is 1. The second kappa shape index (κ2) is 6.03. The van der Waals surface area contributed by atoms with Gasteiger partial charge in [0, 0.05) is 17.5 Å².